The van der Waals surface area contributed by atoms with Crippen molar-refractivity contribution in [1.82, 2.24) is 0 Å². The molecule has 0 aromatic heterocycles. The molecule has 1 aliphatic carbocycles. The SMILES string of the molecule is CCCCC(CC)COC(=O)C1CCC(CN)CC1. The van der Waals surface area contributed by atoms with Crippen molar-refractivity contribution in [2.75, 3.05) is 13.2 Å². The Labute approximate surface area is 118 Å². The normalized spacial score (nSPS) is 25.0. The number of hydrogen-bond acceptors (Lipinski definition) is 3. The standard InChI is InChI=1S/C16H31NO2/c1-3-5-6-13(4-2)12-19-16(18)15-9-7-14(11-17)8-10-15/h13-15H,3-12,17H2,1-2H3. The Morgan fingerprint density at radius 3 is 2.47 bits per heavy atom. The van der Waals surface area contributed by atoms with Gasteiger partial charge >= 0.3 is 5.97 Å². The molecule has 112 valence electrons. The molecule has 0 saturated heterocycles. The highest BCUT2D eigenvalue weighted by Crippen LogP contribution is 2.29. The van der Waals surface area contributed by atoms with Crippen LogP contribution in [0.1, 0.15) is 65.2 Å². The zero-order valence-electron chi connectivity index (χ0n) is 12.7. The van der Waals surface area contributed by atoms with Gasteiger partial charge in [-0.3, -0.25) is 4.79 Å². The van der Waals surface area contributed by atoms with Gasteiger partial charge in [-0.05, 0) is 50.5 Å². The second-order valence-electron chi connectivity index (χ2n) is 6.00. The third kappa shape index (κ3) is 5.94. The van der Waals surface area contributed by atoms with E-state index >= 15 is 0 Å². The van der Waals surface area contributed by atoms with E-state index < -0.39 is 0 Å². The van der Waals surface area contributed by atoms with E-state index in [0.29, 0.717) is 18.4 Å². The first kappa shape index (κ1) is 16.5. The number of carbonyl (C=O) groups is 1. The molecule has 0 aliphatic heterocycles. The Balaban J connectivity index is 2.23. The Hall–Kier alpha value is -0.570. The molecule has 1 fully saturated rings. The number of unbranched alkanes of at least 4 members (excludes halogenated alkanes) is 1. The van der Waals surface area contributed by atoms with Crippen molar-refractivity contribution >= 4 is 5.97 Å². The second-order valence-corrected chi connectivity index (χ2v) is 6.00. The van der Waals surface area contributed by atoms with Crippen molar-refractivity contribution in [2.45, 2.75) is 65.2 Å². The Bertz CT molecular complexity index is 247. The monoisotopic (exact) mass is 269 g/mol. The average molecular weight is 269 g/mol. The first-order valence-corrected chi connectivity index (χ1v) is 8.07. The van der Waals surface area contributed by atoms with E-state index in [2.05, 4.69) is 13.8 Å². The van der Waals surface area contributed by atoms with Crippen LogP contribution in [-0.4, -0.2) is 19.1 Å². The zero-order chi connectivity index (χ0) is 14.1. The molecule has 2 N–H and O–H groups in total. The molecular weight excluding hydrogens is 238 g/mol. The second kappa shape index (κ2) is 9.35. The number of nitrogens with two attached hydrogens (primary N) is 1. The molecular formula is C16H31NO2. The van der Waals surface area contributed by atoms with Crippen LogP contribution in [0.25, 0.3) is 0 Å². The first-order valence-electron chi connectivity index (χ1n) is 8.07. The summed E-state index contributed by atoms with van der Waals surface area (Å²) in [5.41, 5.74) is 5.67. The molecule has 0 radical (unpaired) electrons. The van der Waals surface area contributed by atoms with Gasteiger partial charge in [-0.1, -0.05) is 33.1 Å². The highest BCUT2D eigenvalue weighted by Gasteiger charge is 2.27. The summed E-state index contributed by atoms with van der Waals surface area (Å²) in [5, 5.41) is 0. The maximum Gasteiger partial charge on any atom is 0.308 e. The van der Waals surface area contributed by atoms with Crippen molar-refractivity contribution in [2.24, 2.45) is 23.5 Å². The third-order valence-electron chi connectivity index (χ3n) is 4.52. The summed E-state index contributed by atoms with van der Waals surface area (Å²) in [7, 11) is 0. The summed E-state index contributed by atoms with van der Waals surface area (Å²) in [6, 6.07) is 0. The highest BCUT2D eigenvalue weighted by atomic mass is 16.5. The summed E-state index contributed by atoms with van der Waals surface area (Å²) in [6.07, 6.45) is 8.84. The molecule has 1 unspecified atom stereocenters. The van der Waals surface area contributed by atoms with Crippen LogP contribution in [0.2, 0.25) is 0 Å². The molecule has 1 atom stereocenters. The fourth-order valence-corrected chi connectivity index (χ4v) is 2.85. The number of ether oxygens (including phenoxy) is 1. The van der Waals surface area contributed by atoms with E-state index in [1.165, 1.54) is 19.3 Å². The molecule has 3 heteroatoms. The molecule has 0 aromatic rings. The Morgan fingerprint density at radius 1 is 1.26 bits per heavy atom. The maximum atomic E-state index is 12.0. The minimum absolute atomic E-state index is 0.0328. The molecule has 0 heterocycles. The summed E-state index contributed by atoms with van der Waals surface area (Å²) in [4.78, 5) is 12.0. The first-order chi connectivity index (χ1) is 9.21. The van der Waals surface area contributed by atoms with Gasteiger partial charge in [0.2, 0.25) is 0 Å². The van der Waals surface area contributed by atoms with Gasteiger partial charge in [0, 0.05) is 0 Å². The summed E-state index contributed by atoms with van der Waals surface area (Å²) >= 11 is 0. The highest BCUT2D eigenvalue weighted by molar-refractivity contribution is 5.72. The molecule has 0 aromatic carbocycles. The van der Waals surface area contributed by atoms with Crippen molar-refractivity contribution in [1.29, 1.82) is 0 Å². The fraction of sp³-hybridized carbons (Fsp3) is 0.938. The zero-order valence-corrected chi connectivity index (χ0v) is 12.7. The van der Waals surface area contributed by atoms with Crippen LogP contribution in [0.5, 0.6) is 0 Å². The van der Waals surface area contributed by atoms with Gasteiger partial charge in [0.05, 0.1) is 12.5 Å². The molecule has 0 spiro atoms. The Morgan fingerprint density at radius 2 is 1.95 bits per heavy atom. The van der Waals surface area contributed by atoms with E-state index in [0.717, 1.165) is 38.6 Å². The van der Waals surface area contributed by atoms with E-state index in [4.69, 9.17) is 10.5 Å². The van der Waals surface area contributed by atoms with Crippen molar-refractivity contribution in [3.8, 4) is 0 Å². The van der Waals surface area contributed by atoms with Gasteiger partial charge in [-0.25, -0.2) is 0 Å². The van der Waals surface area contributed by atoms with Crippen molar-refractivity contribution < 1.29 is 9.53 Å². The molecule has 1 saturated carbocycles. The largest absolute Gasteiger partial charge is 0.465 e. The topological polar surface area (TPSA) is 52.3 Å². The van der Waals surface area contributed by atoms with Crippen LogP contribution in [0.15, 0.2) is 0 Å². The summed E-state index contributed by atoms with van der Waals surface area (Å²) in [6.45, 7) is 5.76. The number of rotatable bonds is 8. The minimum Gasteiger partial charge on any atom is -0.465 e. The molecule has 1 aliphatic rings. The van der Waals surface area contributed by atoms with Gasteiger partial charge in [0.1, 0.15) is 0 Å². The summed E-state index contributed by atoms with van der Waals surface area (Å²) < 4.78 is 5.53. The Kier molecular flexibility index (Phi) is 8.11. The van der Waals surface area contributed by atoms with Crippen LogP contribution in [0.3, 0.4) is 0 Å². The van der Waals surface area contributed by atoms with Crippen LogP contribution in [0, 0.1) is 17.8 Å². The van der Waals surface area contributed by atoms with Gasteiger partial charge in [0.15, 0.2) is 0 Å². The van der Waals surface area contributed by atoms with Gasteiger partial charge in [-0.15, -0.1) is 0 Å². The average Bonchev–Trinajstić information content (AvgIpc) is 2.47. The van der Waals surface area contributed by atoms with Crippen LogP contribution >= 0.6 is 0 Å². The summed E-state index contributed by atoms with van der Waals surface area (Å²) in [5.74, 6) is 1.33. The fourth-order valence-electron chi connectivity index (χ4n) is 2.85. The molecule has 3 nitrogen and oxygen atoms in total. The van der Waals surface area contributed by atoms with Gasteiger partial charge in [0.25, 0.3) is 0 Å². The third-order valence-corrected chi connectivity index (χ3v) is 4.52. The van der Waals surface area contributed by atoms with Gasteiger partial charge in [-0.2, -0.15) is 0 Å². The van der Waals surface area contributed by atoms with E-state index in [1.807, 2.05) is 0 Å². The van der Waals surface area contributed by atoms with Crippen molar-refractivity contribution in [3.63, 3.8) is 0 Å². The van der Waals surface area contributed by atoms with E-state index in [-0.39, 0.29) is 11.9 Å². The number of carbonyl (C=O) groups excluding carboxylic acids is 1. The number of hydrogen-bond donors (Lipinski definition) is 1. The predicted molar refractivity (Wildman–Crippen MR) is 78.8 cm³/mol. The lowest BCUT2D eigenvalue weighted by Crippen LogP contribution is -2.28. The molecule has 0 bridgehead atoms. The minimum atomic E-state index is 0.0328. The van der Waals surface area contributed by atoms with Crippen molar-refractivity contribution in [3.05, 3.63) is 0 Å². The maximum absolute atomic E-state index is 12.0. The molecule has 0 amide bonds. The van der Waals surface area contributed by atoms with Gasteiger partial charge < -0.3 is 10.5 Å². The van der Waals surface area contributed by atoms with E-state index in [1.54, 1.807) is 0 Å². The van der Waals surface area contributed by atoms with E-state index in [9.17, 15) is 4.79 Å². The quantitative estimate of drug-likeness (QED) is 0.686. The van der Waals surface area contributed by atoms with Crippen LogP contribution in [-0.2, 0) is 9.53 Å². The molecule has 1 rings (SSSR count). The van der Waals surface area contributed by atoms with Crippen LogP contribution in [0.4, 0.5) is 0 Å². The lowest BCUT2D eigenvalue weighted by Gasteiger charge is -2.26. The molecule has 19 heavy (non-hydrogen) atoms. The lowest BCUT2D eigenvalue weighted by molar-refractivity contribution is -0.151. The number of esters is 1. The smallest absolute Gasteiger partial charge is 0.308 e. The predicted octanol–water partition coefficient (Wildman–Crippen LogP) is 3.51. The lowest BCUT2D eigenvalue weighted by atomic mass is 9.82. The van der Waals surface area contributed by atoms with Crippen LogP contribution < -0.4 is 5.73 Å².